The van der Waals surface area contributed by atoms with Gasteiger partial charge in [0.25, 0.3) is 0 Å². The van der Waals surface area contributed by atoms with Gasteiger partial charge in [0.1, 0.15) is 5.82 Å². The smallest absolute Gasteiger partial charge is 0.126 e. The van der Waals surface area contributed by atoms with Crippen molar-refractivity contribution in [2.45, 2.75) is 64.5 Å². The van der Waals surface area contributed by atoms with Crippen molar-refractivity contribution in [1.82, 2.24) is 5.32 Å². The van der Waals surface area contributed by atoms with Crippen LogP contribution >= 0.6 is 0 Å². The highest BCUT2D eigenvalue weighted by atomic mass is 19.1. The number of benzene rings is 1. The van der Waals surface area contributed by atoms with Crippen molar-refractivity contribution in [3.8, 4) is 0 Å². The fourth-order valence-electron chi connectivity index (χ4n) is 3.06. The molecule has 0 saturated carbocycles. The predicted molar refractivity (Wildman–Crippen MR) is 74.5 cm³/mol. The lowest BCUT2D eigenvalue weighted by Gasteiger charge is -2.33. The quantitative estimate of drug-likeness (QED) is 0.828. The Kier molecular flexibility index (Phi) is 4.06. The minimum Gasteiger partial charge on any atom is -0.312 e. The zero-order valence-corrected chi connectivity index (χ0v) is 11.8. The summed E-state index contributed by atoms with van der Waals surface area (Å²) in [4.78, 5) is 0. The molecule has 100 valence electrons. The molecular formula is C16H24FN. The van der Waals surface area contributed by atoms with Gasteiger partial charge in [0, 0.05) is 12.1 Å². The average molecular weight is 249 g/mol. The van der Waals surface area contributed by atoms with Crippen molar-refractivity contribution >= 4 is 0 Å². The predicted octanol–water partition coefficient (Wildman–Crippen LogP) is 4.19. The van der Waals surface area contributed by atoms with Crippen LogP contribution in [0.2, 0.25) is 0 Å². The van der Waals surface area contributed by atoms with Crippen molar-refractivity contribution in [2.24, 2.45) is 0 Å². The molecule has 1 aliphatic heterocycles. The SMILES string of the molecule is CC(C)c1ccc(C2C[C@@H](C)N[C@@H](C)C2)c(F)c1. The molecule has 1 aromatic carbocycles. The Morgan fingerprint density at radius 3 is 2.28 bits per heavy atom. The second-order valence-electron chi connectivity index (χ2n) is 6.07. The molecule has 1 nitrogen and oxygen atoms in total. The molecule has 1 N–H and O–H groups in total. The van der Waals surface area contributed by atoms with Gasteiger partial charge in [-0.05, 0) is 55.7 Å². The highest BCUT2D eigenvalue weighted by Crippen LogP contribution is 2.32. The molecule has 2 heteroatoms. The summed E-state index contributed by atoms with van der Waals surface area (Å²) in [6.07, 6.45) is 2.06. The standard InChI is InChI=1S/C16H24FN/c1-10(2)13-5-6-15(16(17)9-13)14-7-11(3)18-12(4)8-14/h5-6,9-12,14,18H,7-8H2,1-4H3/t11-,12+,14?. The van der Waals surface area contributed by atoms with E-state index >= 15 is 0 Å². The molecule has 18 heavy (non-hydrogen) atoms. The third-order valence-corrected chi connectivity index (χ3v) is 3.98. The van der Waals surface area contributed by atoms with E-state index in [9.17, 15) is 4.39 Å². The summed E-state index contributed by atoms with van der Waals surface area (Å²) in [7, 11) is 0. The molecule has 1 fully saturated rings. The minimum absolute atomic E-state index is 0.0208. The third-order valence-electron chi connectivity index (χ3n) is 3.98. The number of hydrogen-bond donors (Lipinski definition) is 1. The van der Waals surface area contributed by atoms with E-state index in [4.69, 9.17) is 0 Å². The first-order valence-corrected chi connectivity index (χ1v) is 7.02. The van der Waals surface area contributed by atoms with Gasteiger partial charge in [-0.25, -0.2) is 4.39 Å². The normalized spacial score (nSPS) is 28.7. The van der Waals surface area contributed by atoms with Gasteiger partial charge in [-0.1, -0.05) is 26.0 Å². The van der Waals surface area contributed by atoms with Crippen molar-refractivity contribution in [3.63, 3.8) is 0 Å². The van der Waals surface area contributed by atoms with Gasteiger partial charge in [0.15, 0.2) is 0 Å². The van der Waals surface area contributed by atoms with E-state index in [0.717, 1.165) is 24.0 Å². The van der Waals surface area contributed by atoms with Gasteiger partial charge in [0.2, 0.25) is 0 Å². The number of piperidine rings is 1. The van der Waals surface area contributed by atoms with Gasteiger partial charge >= 0.3 is 0 Å². The Morgan fingerprint density at radius 1 is 1.17 bits per heavy atom. The molecule has 0 radical (unpaired) electrons. The summed E-state index contributed by atoms with van der Waals surface area (Å²) in [6, 6.07) is 6.75. The molecule has 1 heterocycles. The number of hydrogen-bond acceptors (Lipinski definition) is 1. The Labute approximate surface area is 110 Å². The first kappa shape index (κ1) is 13.5. The van der Waals surface area contributed by atoms with Crippen LogP contribution in [0.1, 0.15) is 63.5 Å². The summed E-state index contributed by atoms with van der Waals surface area (Å²) in [5.41, 5.74) is 1.99. The molecule has 3 atom stereocenters. The second kappa shape index (κ2) is 5.40. The average Bonchev–Trinajstić information content (AvgIpc) is 2.27. The molecule has 0 aromatic heterocycles. The van der Waals surface area contributed by atoms with Crippen LogP contribution in [0, 0.1) is 5.82 Å². The van der Waals surface area contributed by atoms with Gasteiger partial charge < -0.3 is 5.32 Å². The number of rotatable bonds is 2. The van der Waals surface area contributed by atoms with Crippen LogP contribution < -0.4 is 5.32 Å². The molecular weight excluding hydrogens is 225 g/mol. The van der Waals surface area contributed by atoms with Crippen LogP contribution in [0.25, 0.3) is 0 Å². The van der Waals surface area contributed by atoms with Gasteiger partial charge in [-0.3, -0.25) is 0 Å². The lowest BCUT2D eigenvalue weighted by Crippen LogP contribution is -2.41. The molecule has 0 amide bonds. The largest absolute Gasteiger partial charge is 0.312 e. The van der Waals surface area contributed by atoms with Gasteiger partial charge in [-0.2, -0.15) is 0 Å². The van der Waals surface area contributed by atoms with Crippen molar-refractivity contribution in [2.75, 3.05) is 0 Å². The number of nitrogens with one attached hydrogen (secondary N) is 1. The lowest BCUT2D eigenvalue weighted by molar-refractivity contribution is 0.312. The Bertz CT molecular complexity index is 404. The van der Waals surface area contributed by atoms with E-state index in [0.29, 0.717) is 23.9 Å². The highest BCUT2D eigenvalue weighted by molar-refractivity contribution is 5.29. The Hall–Kier alpha value is -0.890. The van der Waals surface area contributed by atoms with Gasteiger partial charge in [-0.15, -0.1) is 0 Å². The van der Waals surface area contributed by atoms with Crippen molar-refractivity contribution in [3.05, 3.63) is 35.1 Å². The first-order chi connectivity index (χ1) is 8.47. The molecule has 0 aliphatic carbocycles. The van der Waals surface area contributed by atoms with Gasteiger partial charge in [0.05, 0.1) is 0 Å². The molecule has 2 rings (SSSR count). The maximum atomic E-state index is 14.2. The van der Waals surface area contributed by atoms with Crippen LogP contribution in [0.3, 0.4) is 0 Å². The summed E-state index contributed by atoms with van der Waals surface area (Å²) >= 11 is 0. The summed E-state index contributed by atoms with van der Waals surface area (Å²) in [5.74, 6) is 0.726. The molecule has 1 aliphatic rings. The van der Waals surface area contributed by atoms with Crippen LogP contribution in [-0.2, 0) is 0 Å². The van der Waals surface area contributed by atoms with E-state index in [2.05, 4.69) is 39.1 Å². The van der Waals surface area contributed by atoms with Crippen LogP contribution in [-0.4, -0.2) is 12.1 Å². The Morgan fingerprint density at radius 2 is 1.78 bits per heavy atom. The van der Waals surface area contributed by atoms with E-state index in [1.54, 1.807) is 6.07 Å². The van der Waals surface area contributed by atoms with E-state index < -0.39 is 0 Å². The fraction of sp³-hybridized carbons (Fsp3) is 0.625. The maximum Gasteiger partial charge on any atom is 0.126 e. The monoisotopic (exact) mass is 249 g/mol. The number of halogens is 1. The topological polar surface area (TPSA) is 12.0 Å². The van der Waals surface area contributed by atoms with Crippen molar-refractivity contribution in [1.29, 1.82) is 0 Å². The van der Waals surface area contributed by atoms with E-state index in [1.165, 1.54) is 0 Å². The van der Waals surface area contributed by atoms with Crippen LogP contribution in [0.4, 0.5) is 4.39 Å². The zero-order valence-electron chi connectivity index (χ0n) is 11.8. The Balaban J connectivity index is 2.22. The van der Waals surface area contributed by atoms with E-state index in [1.807, 2.05) is 6.07 Å². The molecule has 1 aromatic rings. The minimum atomic E-state index is -0.0208. The molecule has 0 bridgehead atoms. The first-order valence-electron chi connectivity index (χ1n) is 7.02. The van der Waals surface area contributed by atoms with Crippen molar-refractivity contribution < 1.29 is 4.39 Å². The summed E-state index contributed by atoms with van der Waals surface area (Å²) < 4.78 is 14.2. The third kappa shape index (κ3) is 2.92. The summed E-state index contributed by atoms with van der Waals surface area (Å²) in [5, 5.41) is 3.51. The summed E-state index contributed by atoms with van der Waals surface area (Å²) in [6.45, 7) is 8.57. The van der Waals surface area contributed by atoms with Crippen LogP contribution in [0.5, 0.6) is 0 Å². The van der Waals surface area contributed by atoms with E-state index in [-0.39, 0.29) is 5.82 Å². The molecule has 1 unspecified atom stereocenters. The zero-order chi connectivity index (χ0) is 13.3. The second-order valence-corrected chi connectivity index (χ2v) is 6.07. The lowest BCUT2D eigenvalue weighted by atomic mass is 9.83. The maximum absolute atomic E-state index is 14.2. The highest BCUT2D eigenvalue weighted by Gasteiger charge is 2.26. The van der Waals surface area contributed by atoms with Crippen LogP contribution in [0.15, 0.2) is 18.2 Å². The fourth-order valence-corrected chi connectivity index (χ4v) is 3.06. The molecule has 0 spiro atoms. The molecule has 1 saturated heterocycles.